The van der Waals surface area contributed by atoms with Crippen molar-refractivity contribution in [2.24, 2.45) is 7.05 Å². The lowest BCUT2D eigenvalue weighted by Gasteiger charge is -2.09. The fourth-order valence-electron chi connectivity index (χ4n) is 2.72. The molecule has 0 bridgehead atoms. The molecule has 3 rings (SSSR count). The summed E-state index contributed by atoms with van der Waals surface area (Å²) in [4.78, 5) is 8.54. The van der Waals surface area contributed by atoms with Crippen LogP contribution >= 0.6 is 11.6 Å². The van der Waals surface area contributed by atoms with Gasteiger partial charge < -0.3 is 9.88 Å². The molecule has 2 aromatic heterocycles. The zero-order valence-electron chi connectivity index (χ0n) is 13.5. The van der Waals surface area contributed by atoms with Gasteiger partial charge in [0, 0.05) is 48.2 Å². The number of aryl methyl sites for hydroxylation is 2. The van der Waals surface area contributed by atoms with E-state index in [1.165, 1.54) is 5.56 Å². The molecule has 4 nitrogen and oxygen atoms in total. The van der Waals surface area contributed by atoms with Gasteiger partial charge in [-0.05, 0) is 30.2 Å². The van der Waals surface area contributed by atoms with E-state index in [4.69, 9.17) is 11.6 Å². The first-order chi connectivity index (χ1) is 11.1. The number of nitrogens with zero attached hydrogens (tertiary/aromatic N) is 3. The van der Waals surface area contributed by atoms with Crippen molar-refractivity contribution in [3.8, 4) is 22.5 Å². The summed E-state index contributed by atoms with van der Waals surface area (Å²) in [5.41, 5.74) is 5.52. The van der Waals surface area contributed by atoms with Crippen molar-refractivity contribution >= 4 is 17.4 Å². The van der Waals surface area contributed by atoms with E-state index in [9.17, 15) is 0 Å². The van der Waals surface area contributed by atoms with Gasteiger partial charge in [0.25, 0.3) is 0 Å². The van der Waals surface area contributed by atoms with Crippen molar-refractivity contribution in [1.82, 2.24) is 14.5 Å². The van der Waals surface area contributed by atoms with Crippen LogP contribution in [0.4, 0.5) is 5.82 Å². The van der Waals surface area contributed by atoms with E-state index in [2.05, 4.69) is 45.1 Å². The molecule has 0 spiro atoms. The Hall–Kier alpha value is -2.33. The first-order valence-corrected chi connectivity index (χ1v) is 7.95. The van der Waals surface area contributed by atoms with Gasteiger partial charge in [-0.1, -0.05) is 24.6 Å². The van der Waals surface area contributed by atoms with Gasteiger partial charge in [-0.25, -0.2) is 9.97 Å². The third kappa shape index (κ3) is 3.08. The molecule has 0 saturated heterocycles. The Labute approximate surface area is 141 Å². The molecule has 0 amide bonds. The molecule has 0 unspecified atom stereocenters. The van der Waals surface area contributed by atoms with Crippen LogP contribution in [0.25, 0.3) is 22.5 Å². The van der Waals surface area contributed by atoms with Crippen LogP contribution in [-0.4, -0.2) is 21.6 Å². The number of nitrogens with one attached hydrogen (secondary N) is 1. The van der Waals surface area contributed by atoms with Gasteiger partial charge in [-0.2, -0.15) is 0 Å². The largest absolute Gasteiger partial charge is 0.373 e. The Morgan fingerprint density at radius 3 is 2.74 bits per heavy atom. The van der Waals surface area contributed by atoms with E-state index in [1.807, 2.05) is 32.3 Å². The maximum absolute atomic E-state index is 6.20. The van der Waals surface area contributed by atoms with Crippen molar-refractivity contribution in [3.05, 3.63) is 53.4 Å². The zero-order valence-corrected chi connectivity index (χ0v) is 14.2. The minimum absolute atomic E-state index is 0.749. The van der Waals surface area contributed by atoms with Crippen LogP contribution < -0.4 is 5.32 Å². The molecule has 23 heavy (non-hydrogen) atoms. The highest BCUT2D eigenvalue weighted by atomic mass is 35.5. The number of benzene rings is 1. The normalized spacial score (nSPS) is 10.8. The molecule has 0 atom stereocenters. The minimum Gasteiger partial charge on any atom is -0.373 e. The quantitative estimate of drug-likeness (QED) is 0.772. The Balaban J connectivity index is 2.10. The Morgan fingerprint density at radius 2 is 2.00 bits per heavy atom. The van der Waals surface area contributed by atoms with Crippen LogP contribution in [0.2, 0.25) is 5.02 Å². The van der Waals surface area contributed by atoms with Crippen LogP contribution in [0.3, 0.4) is 0 Å². The van der Waals surface area contributed by atoms with Gasteiger partial charge in [-0.15, -0.1) is 0 Å². The van der Waals surface area contributed by atoms with Crippen molar-refractivity contribution in [2.45, 2.75) is 13.3 Å². The van der Waals surface area contributed by atoms with Crippen molar-refractivity contribution < 1.29 is 0 Å². The molecule has 1 N–H and O–H groups in total. The summed E-state index contributed by atoms with van der Waals surface area (Å²) in [6, 6.07) is 10.1. The Morgan fingerprint density at radius 1 is 1.17 bits per heavy atom. The maximum Gasteiger partial charge on any atom is 0.129 e. The lowest BCUT2D eigenvalue weighted by Crippen LogP contribution is -1.93. The maximum atomic E-state index is 6.20. The van der Waals surface area contributed by atoms with Gasteiger partial charge in [0.15, 0.2) is 0 Å². The Kier molecular flexibility index (Phi) is 4.35. The van der Waals surface area contributed by atoms with Crippen molar-refractivity contribution in [2.75, 3.05) is 12.4 Å². The summed E-state index contributed by atoms with van der Waals surface area (Å²) >= 11 is 6.20. The summed E-state index contributed by atoms with van der Waals surface area (Å²) in [6.45, 7) is 2.15. The predicted octanol–water partition coefficient (Wildman–Crippen LogP) is 4.41. The minimum atomic E-state index is 0.749. The topological polar surface area (TPSA) is 42.7 Å². The van der Waals surface area contributed by atoms with E-state index in [-0.39, 0.29) is 0 Å². The van der Waals surface area contributed by atoms with Gasteiger partial charge in [-0.3, -0.25) is 0 Å². The summed E-state index contributed by atoms with van der Waals surface area (Å²) in [6.07, 6.45) is 4.62. The number of hydrogen-bond donors (Lipinski definition) is 1. The molecule has 1 aromatic carbocycles. The smallest absolute Gasteiger partial charge is 0.129 e. The third-order valence-electron chi connectivity index (χ3n) is 3.95. The van der Waals surface area contributed by atoms with Gasteiger partial charge in [0.1, 0.15) is 12.1 Å². The predicted molar refractivity (Wildman–Crippen MR) is 95.8 cm³/mol. The average molecular weight is 327 g/mol. The second-order valence-corrected chi connectivity index (χ2v) is 5.85. The first kappa shape index (κ1) is 15.6. The standard InChI is InChI=1S/C18H19ClN4/c1-4-12-5-6-14(19)8-15(12)17-7-13(10-23(17)3)16-9-18(20-2)22-11-21-16/h5-11H,4H2,1-3H3,(H,20,21,22). The first-order valence-electron chi connectivity index (χ1n) is 7.57. The molecule has 0 aliphatic heterocycles. The fourth-order valence-corrected chi connectivity index (χ4v) is 2.89. The summed E-state index contributed by atoms with van der Waals surface area (Å²) < 4.78 is 2.11. The van der Waals surface area contributed by atoms with E-state index < -0.39 is 0 Å². The summed E-state index contributed by atoms with van der Waals surface area (Å²) in [5, 5.41) is 3.79. The molecular formula is C18H19ClN4. The van der Waals surface area contributed by atoms with E-state index in [0.29, 0.717) is 0 Å². The van der Waals surface area contributed by atoms with Crippen molar-refractivity contribution in [3.63, 3.8) is 0 Å². The van der Waals surface area contributed by atoms with Crippen LogP contribution in [0.1, 0.15) is 12.5 Å². The number of rotatable bonds is 4. The van der Waals surface area contributed by atoms with Crippen LogP contribution in [0.15, 0.2) is 42.9 Å². The van der Waals surface area contributed by atoms with Gasteiger partial charge >= 0.3 is 0 Å². The fraction of sp³-hybridized carbons (Fsp3) is 0.222. The lowest BCUT2D eigenvalue weighted by atomic mass is 10.0. The number of halogens is 1. The van der Waals surface area contributed by atoms with E-state index >= 15 is 0 Å². The molecule has 0 radical (unpaired) electrons. The van der Waals surface area contributed by atoms with Gasteiger partial charge in [0.05, 0.1) is 5.69 Å². The molecule has 0 aliphatic carbocycles. The van der Waals surface area contributed by atoms with Gasteiger partial charge in [0.2, 0.25) is 0 Å². The van der Waals surface area contributed by atoms with E-state index in [1.54, 1.807) is 6.33 Å². The number of hydrogen-bond acceptors (Lipinski definition) is 3. The van der Waals surface area contributed by atoms with Crippen LogP contribution in [0, 0.1) is 0 Å². The molecule has 0 fully saturated rings. The molecule has 0 aliphatic rings. The molecular weight excluding hydrogens is 308 g/mol. The third-order valence-corrected chi connectivity index (χ3v) is 4.19. The monoisotopic (exact) mass is 326 g/mol. The second-order valence-electron chi connectivity index (χ2n) is 5.42. The Bertz CT molecular complexity index is 839. The SMILES string of the molecule is CCc1ccc(Cl)cc1-c1cc(-c2cc(NC)ncn2)cn1C. The molecule has 2 heterocycles. The molecule has 0 saturated carbocycles. The van der Waals surface area contributed by atoms with Crippen LogP contribution in [0.5, 0.6) is 0 Å². The highest BCUT2D eigenvalue weighted by Gasteiger charge is 2.12. The second kappa shape index (κ2) is 6.42. The average Bonchev–Trinajstić information content (AvgIpc) is 2.96. The molecule has 118 valence electrons. The zero-order chi connectivity index (χ0) is 16.4. The highest BCUT2D eigenvalue weighted by molar-refractivity contribution is 6.30. The highest BCUT2D eigenvalue weighted by Crippen LogP contribution is 2.31. The summed E-state index contributed by atoms with van der Waals surface area (Å²) in [7, 11) is 3.89. The number of aromatic nitrogens is 3. The molecule has 3 aromatic rings. The number of anilines is 1. The molecule has 5 heteroatoms. The summed E-state index contributed by atoms with van der Waals surface area (Å²) in [5.74, 6) is 0.803. The lowest BCUT2D eigenvalue weighted by molar-refractivity contribution is 0.933. The van der Waals surface area contributed by atoms with E-state index in [0.717, 1.165) is 39.8 Å². The van der Waals surface area contributed by atoms with Crippen LogP contribution in [-0.2, 0) is 13.5 Å². The van der Waals surface area contributed by atoms with Crippen molar-refractivity contribution in [1.29, 1.82) is 0 Å².